The van der Waals surface area contributed by atoms with E-state index in [1.54, 1.807) is 16.8 Å². The average molecular weight is 273 g/mol. The largest absolute Gasteiger partial charge is 0.383 e. The molecule has 0 radical (unpaired) electrons. The Morgan fingerprint density at radius 3 is 2.70 bits per heavy atom. The number of aromatic nitrogens is 2. The molecule has 0 bridgehead atoms. The van der Waals surface area contributed by atoms with Crippen molar-refractivity contribution in [3.63, 3.8) is 0 Å². The quantitative estimate of drug-likeness (QED) is 0.876. The number of benzene rings is 1. The average Bonchev–Trinajstić information content (AvgIpc) is 2.75. The van der Waals surface area contributed by atoms with Crippen LogP contribution in [-0.4, -0.2) is 16.3 Å². The van der Waals surface area contributed by atoms with Gasteiger partial charge in [-0.1, -0.05) is 19.1 Å². The molecule has 6 heteroatoms. The second-order valence-electron chi connectivity index (χ2n) is 4.43. The van der Waals surface area contributed by atoms with Crippen LogP contribution in [-0.2, 0) is 6.54 Å². The van der Waals surface area contributed by atoms with Crippen molar-refractivity contribution in [2.24, 2.45) is 0 Å². The highest BCUT2D eigenvalue weighted by Crippen LogP contribution is 2.21. The molecule has 104 valence electrons. The monoisotopic (exact) mass is 273 g/mol. The van der Waals surface area contributed by atoms with Gasteiger partial charge in [-0.25, -0.2) is 9.07 Å². The molecule has 1 aromatic carbocycles. The van der Waals surface area contributed by atoms with Crippen LogP contribution in [0.15, 0.2) is 24.3 Å². The first kappa shape index (κ1) is 13.9. The normalized spacial score (nSPS) is 10.2. The van der Waals surface area contributed by atoms with Gasteiger partial charge in [-0.3, -0.25) is 0 Å². The Hall–Kier alpha value is -2.55. The van der Waals surface area contributed by atoms with Crippen LogP contribution in [0.5, 0.6) is 0 Å². The van der Waals surface area contributed by atoms with Crippen LogP contribution >= 0.6 is 0 Å². The van der Waals surface area contributed by atoms with E-state index in [-0.39, 0.29) is 5.82 Å². The zero-order chi connectivity index (χ0) is 14.5. The van der Waals surface area contributed by atoms with Crippen molar-refractivity contribution in [3.05, 3.63) is 41.2 Å². The molecular formula is C14H16FN5. The highest BCUT2D eigenvalue weighted by molar-refractivity contribution is 5.63. The maximum absolute atomic E-state index is 12.9. The lowest BCUT2D eigenvalue weighted by molar-refractivity contribution is 0.625. The van der Waals surface area contributed by atoms with E-state index in [9.17, 15) is 4.39 Å². The number of hydrogen-bond acceptors (Lipinski definition) is 4. The van der Waals surface area contributed by atoms with E-state index < -0.39 is 0 Å². The lowest BCUT2D eigenvalue weighted by atomic mass is 10.2. The Balaban J connectivity index is 2.26. The summed E-state index contributed by atoms with van der Waals surface area (Å²) in [5.74, 6) is 0.523. The molecular weight excluding hydrogens is 257 g/mol. The van der Waals surface area contributed by atoms with Gasteiger partial charge in [0.25, 0.3) is 0 Å². The SMILES string of the molecule is CCCNc1nn(Cc2ccc(F)cc2)c(N)c1C#N. The molecule has 0 amide bonds. The maximum atomic E-state index is 12.9. The number of nitrogens with one attached hydrogen (secondary N) is 1. The van der Waals surface area contributed by atoms with Gasteiger partial charge < -0.3 is 11.1 Å². The fraction of sp³-hybridized carbons (Fsp3) is 0.286. The van der Waals surface area contributed by atoms with E-state index in [1.165, 1.54) is 12.1 Å². The summed E-state index contributed by atoms with van der Waals surface area (Å²) in [6, 6.07) is 8.16. The van der Waals surface area contributed by atoms with Crippen molar-refractivity contribution in [1.29, 1.82) is 5.26 Å². The molecule has 0 saturated carbocycles. The van der Waals surface area contributed by atoms with E-state index in [4.69, 9.17) is 11.0 Å². The van der Waals surface area contributed by atoms with Gasteiger partial charge in [-0.15, -0.1) is 0 Å². The Morgan fingerprint density at radius 1 is 1.40 bits per heavy atom. The van der Waals surface area contributed by atoms with Crippen molar-refractivity contribution in [2.75, 3.05) is 17.6 Å². The number of nitrogens with zero attached hydrogens (tertiary/aromatic N) is 3. The molecule has 3 N–H and O–H groups in total. The summed E-state index contributed by atoms with van der Waals surface area (Å²) in [7, 11) is 0. The summed E-state index contributed by atoms with van der Waals surface area (Å²) in [6.07, 6.45) is 0.926. The molecule has 1 aromatic heterocycles. The summed E-state index contributed by atoms with van der Waals surface area (Å²) in [5, 5.41) is 16.5. The molecule has 0 unspecified atom stereocenters. The predicted molar refractivity (Wildman–Crippen MR) is 75.6 cm³/mol. The first-order valence-corrected chi connectivity index (χ1v) is 6.40. The number of anilines is 2. The van der Waals surface area contributed by atoms with Gasteiger partial charge in [0.1, 0.15) is 23.3 Å². The lowest BCUT2D eigenvalue weighted by Crippen LogP contribution is -2.07. The molecule has 20 heavy (non-hydrogen) atoms. The van der Waals surface area contributed by atoms with Crippen LogP contribution in [0.4, 0.5) is 16.0 Å². The van der Waals surface area contributed by atoms with Gasteiger partial charge >= 0.3 is 0 Å². The minimum Gasteiger partial charge on any atom is -0.383 e. The number of rotatable bonds is 5. The van der Waals surface area contributed by atoms with Crippen molar-refractivity contribution in [1.82, 2.24) is 9.78 Å². The summed E-state index contributed by atoms with van der Waals surface area (Å²) in [6.45, 7) is 3.15. The highest BCUT2D eigenvalue weighted by Gasteiger charge is 2.15. The highest BCUT2D eigenvalue weighted by atomic mass is 19.1. The van der Waals surface area contributed by atoms with Crippen LogP contribution in [0.1, 0.15) is 24.5 Å². The molecule has 0 fully saturated rings. The van der Waals surface area contributed by atoms with Crippen molar-refractivity contribution < 1.29 is 4.39 Å². The second kappa shape index (κ2) is 6.06. The third kappa shape index (κ3) is 2.88. The first-order valence-electron chi connectivity index (χ1n) is 6.40. The second-order valence-corrected chi connectivity index (χ2v) is 4.43. The molecule has 2 rings (SSSR count). The molecule has 2 aromatic rings. The van der Waals surface area contributed by atoms with Crippen LogP contribution in [0, 0.1) is 17.1 Å². The summed E-state index contributed by atoms with van der Waals surface area (Å²) in [4.78, 5) is 0. The zero-order valence-corrected chi connectivity index (χ0v) is 11.2. The molecule has 5 nitrogen and oxygen atoms in total. The van der Waals surface area contributed by atoms with Gasteiger partial charge in [-0.2, -0.15) is 10.4 Å². The Kier molecular flexibility index (Phi) is 4.20. The van der Waals surface area contributed by atoms with E-state index in [1.807, 2.05) is 6.92 Å². The van der Waals surface area contributed by atoms with Gasteiger partial charge in [-0.05, 0) is 24.1 Å². The van der Waals surface area contributed by atoms with Gasteiger partial charge in [0.15, 0.2) is 5.82 Å². The van der Waals surface area contributed by atoms with Gasteiger partial charge in [0, 0.05) is 6.54 Å². The fourth-order valence-corrected chi connectivity index (χ4v) is 1.84. The van der Waals surface area contributed by atoms with Crippen LogP contribution < -0.4 is 11.1 Å². The number of hydrogen-bond donors (Lipinski definition) is 2. The van der Waals surface area contributed by atoms with Crippen molar-refractivity contribution in [2.45, 2.75) is 19.9 Å². The van der Waals surface area contributed by atoms with Gasteiger partial charge in [0.05, 0.1) is 6.54 Å². The number of nitrogens with two attached hydrogens (primary N) is 1. The molecule has 0 aliphatic carbocycles. The van der Waals surface area contributed by atoms with Crippen molar-refractivity contribution in [3.8, 4) is 6.07 Å². The van der Waals surface area contributed by atoms with Gasteiger partial charge in [0.2, 0.25) is 0 Å². The summed E-state index contributed by atoms with van der Waals surface area (Å²) < 4.78 is 14.4. The molecule has 0 saturated heterocycles. The van der Waals surface area contributed by atoms with E-state index in [0.29, 0.717) is 23.7 Å². The van der Waals surface area contributed by atoms with E-state index in [0.717, 1.165) is 18.5 Å². The predicted octanol–water partition coefficient (Wildman–Crippen LogP) is 2.35. The Bertz CT molecular complexity index is 624. The number of nitriles is 1. The molecule has 0 spiro atoms. The zero-order valence-electron chi connectivity index (χ0n) is 11.2. The summed E-state index contributed by atoms with van der Waals surface area (Å²) in [5.41, 5.74) is 7.14. The van der Waals surface area contributed by atoms with Crippen molar-refractivity contribution >= 4 is 11.6 Å². The lowest BCUT2D eigenvalue weighted by Gasteiger charge is -2.04. The third-order valence-electron chi connectivity index (χ3n) is 2.89. The molecule has 0 aliphatic rings. The third-order valence-corrected chi connectivity index (χ3v) is 2.89. The maximum Gasteiger partial charge on any atom is 0.168 e. The standard InChI is InChI=1S/C14H16FN5/c1-2-7-18-14-12(8-16)13(17)20(19-14)9-10-3-5-11(15)6-4-10/h3-6H,2,7,9,17H2,1H3,(H,18,19). The fourth-order valence-electron chi connectivity index (χ4n) is 1.84. The molecule has 0 aliphatic heterocycles. The number of halogens is 1. The van der Waals surface area contributed by atoms with Crippen LogP contribution in [0.2, 0.25) is 0 Å². The number of nitrogen functional groups attached to an aromatic ring is 1. The van der Waals surface area contributed by atoms with E-state index >= 15 is 0 Å². The van der Waals surface area contributed by atoms with Crippen LogP contribution in [0.25, 0.3) is 0 Å². The van der Waals surface area contributed by atoms with Crippen LogP contribution in [0.3, 0.4) is 0 Å². The Morgan fingerprint density at radius 2 is 2.10 bits per heavy atom. The smallest absolute Gasteiger partial charge is 0.168 e. The molecule has 0 atom stereocenters. The first-order chi connectivity index (χ1) is 9.65. The Labute approximate surface area is 116 Å². The topological polar surface area (TPSA) is 79.7 Å². The minimum atomic E-state index is -0.287. The summed E-state index contributed by atoms with van der Waals surface area (Å²) >= 11 is 0. The molecule has 1 heterocycles. The van der Waals surface area contributed by atoms with E-state index in [2.05, 4.69) is 16.5 Å². The minimum absolute atomic E-state index is 0.287.